The van der Waals surface area contributed by atoms with Crippen molar-refractivity contribution in [3.05, 3.63) is 0 Å². The summed E-state index contributed by atoms with van der Waals surface area (Å²) in [5, 5.41) is 9.21. The van der Waals surface area contributed by atoms with Crippen molar-refractivity contribution in [1.29, 1.82) is 0 Å². The molecule has 0 radical (unpaired) electrons. The molecule has 3 atom stereocenters. The second kappa shape index (κ2) is 9.00. The summed E-state index contributed by atoms with van der Waals surface area (Å²) in [6, 6.07) is 0.749. The van der Waals surface area contributed by atoms with Gasteiger partial charge in [0, 0.05) is 25.7 Å². The van der Waals surface area contributed by atoms with Crippen LogP contribution in [0.2, 0.25) is 0 Å². The molecule has 1 aliphatic heterocycles. The van der Waals surface area contributed by atoms with Crippen LogP contribution in [-0.2, 0) is 0 Å². The Balaban J connectivity index is 0.00000106. The predicted octanol–water partition coefficient (Wildman–Crippen LogP) is 3.15. The Labute approximate surface area is 102 Å². The van der Waals surface area contributed by atoms with Crippen LogP contribution in [0.5, 0.6) is 0 Å². The first-order valence-electron chi connectivity index (χ1n) is 7.07. The van der Waals surface area contributed by atoms with Gasteiger partial charge in [0.2, 0.25) is 0 Å². The summed E-state index contributed by atoms with van der Waals surface area (Å²) < 4.78 is 0. The normalized spacial score (nSPS) is 27.4. The van der Waals surface area contributed by atoms with E-state index >= 15 is 0 Å². The number of likely N-dealkylation sites (tertiary alicyclic amines) is 1. The van der Waals surface area contributed by atoms with Crippen molar-refractivity contribution in [2.75, 3.05) is 19.7 Å². The van der Waals surface area contributed by atoms with Crippen molar-refractivity contribution >= 4 is 0 Å². The summed E-state index contributed by atoms with van der Waals surface area (Å²) >= 11 is 0. The van der Waals surface area contributed by atoms with Crippen LogP contribution < -0.4 is 0 Å². The van der Waals surface area contributed by atoms with E-state index in [1.807, 2.05) is 13.8 Å². The van der Waals surface area contributed by atoms with Crippen molar-refractivity contribution in [1.82, 2.24) is 4.90 Å². The maximum atomic E-state index is 9.21. The molecule has 0 aromatic carbocycles. The first-order valence-corrected chi connectivity index (χ1v) is 7.07. The van der Waals surface area contributed by atoms with Crippen LogP contribution in [0.1, 0.15) is 53.9 Å². The van der Waals surface area contributed by atoms with Crippen LogP contribution in [0.15, 0.2) is 0 Å². The zero-order chi connectivity index (χ0) is 12.6. The summed E-state index contributed by atoms with van der Waals surface area (Å²) in [4.78, 5) is 2.58. The second-order valence-corrected chi connectivity index (χ2v) is 4.72. The molecule has 2 nitrogen and oxygen atoms in total. The van der Waals surface area contributed by atoms with Gasteiger partial charge in [-0.2, -0.15) is 0 Å². The molecule has 1 aliphatic rings. The fraction of sp³-hybridized carbons (Fsp3) is 1.00. The molecular formula is C14H31NO. The van der Waals surface area contributed by atoms with Crippen molar-refractivity contribution in [3.63, 3.8) is 0 Å². The topological polar surface area (TPSA) is 23.5 Å². The van der Waals surface area contributed by atoms with E-state index in [0.717, 1.165) is 12.6 Å². The van der Waals surface area contributed by atoms with Crippen molar-refractivity contribution in [2.24, 2.45) is 11.8 Å². The molecule has 0 aromatic heterocycles. The van der Waals surface area contributed by atoms with Crippen molar-refractivity contribution in [3.8, 4) is 0 Å². The van der Waals surface area contributed by atoms with Gasteiger partial charge in [0.15, 0.2) is 0 Å². The first-order chi connectivity index (χ1) is 7.72. The van der Waals surface area contributed by atoms with Gasteiger partial charge in [-0.3, -0.25) is 4.90 Å². The molecule has 0 bridgehead atoms. The molecule has 0 aromatic rings. The summed E-state index contributed by atoms with van der Waals surface area (Å²) in [5.74, 6) is 1.19. The van der Waals surface area contributed by atoms with Gasteiger partial charge in [0.05, 0.1) is 0 Å². The van der Waals surface area contributed by atoms with Gasteiger partial charge in [-0.1, -0.05) is 41.0 Å². The lowest BCUT2D eigenvalue weighted by Gasteiger charge is -2.26. The summed E-state index contributed by atoms with van der Waals surface area (Å²) in [6.07, 6.45) is 3.83. The number of aliphatic hydroxyl groups is 1. The smallest absolute Gasteiger partial charge is 0.0474 e. The van der Waals surface area contributed by atoms with E-state index in [0.29, 0.717) is 18.4 Å². The molecule has 1 rings (SSSR count). The highest BCUT2D eigenvalue weighted by Gasteiger charge is 2.31. The van der Waals surface area contributed by atoms with Crippen molar-refractivity contribution in [2.45, 2.75) is 59.9 Å². The Kier molecular flexibility index (Phi) is 8.96. The molecule has 2 heteroatoms. The number of hydrogen-bond acceptors (Lipinski definition) is 2. The Morgan fingerprint density at radius 3 is 2.25 bits per heavy atom. The summed E-state index contributed by atoms with van der Waals surface area (Å²) in [6.45, 7) is 13.4. The predicted molar refractivity (Wildman–Crippen MR) is 71.6 cm³/mol. The third kappa shape index (κ3) is 4.42. The molecular weight excluding hydrogens is 198 g/mol. The van der Waals surface area contributed by atoms with E-state index < -0.39 is 0 Å². The molecule has 1 heterocycles. The highest BCUT2D eigenvalue weighted by atomic mass is 16.3. The average Bonchev–Trinajstić information content (AvgIpc) is 2.70. The minimum absolute atomic E-state index is 0.361. The van der Waals surface area contributed by atoms with Gasteiger partial charge >= 0.3 is 0 Å². The summed E-state index contributed by atoms with van der Waals surface area (Å²) in [5.41, 5.74) is 0. The van der Waals surface area contributed by atoms with Crippen LogP contribution in [0, 0.1) is 11.8 Å². The molecule has 1 saturated heterocycles. The number of hydrogen-bond donors (Lipinski definition) is 1. The maximum Gasteiger partial charge on any atom is 0.0474 e. The highest BCUT2D eigenvalue weighted by molar-refractivity contribution is 4.84. The van der Waals surface area contributed by atoms with E-state index in [9.17, 15) is 5.11 Å². The standard InChI is InChI=1S/C12H25NO.C2H6/c1-4-6-12(5-2)13-7-10(3)11(8-13)9-14;1-2/h10-12,14H,4-9H2,1-3H3;1-2H3. The Morgan fingerprint density at radius 2 is 1.88 bits per heavy atom. The molecule has 16 heavy (non-hydrogen) atoms. The molecule has 1 N–H and O–H groups in total. The zero-order valence-corrected chi connectivity index (χ0v) is 11.9. The highest BCUT2D eigenvalue weighted by Crippen LogP contribution is 2.26. The molecule has 0 saturated carbocycles. The van der Waals surface area contributed by atoms with Gasteiger partial charge in [-0.15, -0.1) is 0 Å². The minimum atomic E-state index is 0.361. The monoisotopic (exact) mass is 229 g/mol. The van der Waals surface area contributed by atoms with Gasteiger partial charge in [-0.25, -0.2) is 0 Å². The number of nitrogens with zero attached hydrogens (tertiary/aromatic N) is 1. The molecule has 3 unspecified atom stereocenters. The lowest BCUT2D eigenvalue weighted by molar-refractivity contribution is 0.185. The fourth-order valence-electron chi connectivity index (χ4n) is 2.59. The third-order valence-electron chi connectivity index (χ3n) is 3.64. The van der Waals surface area contributed by atoms with E-state index in [-0.39, 0.29) is 0 Å². The van der Waals surface area contributed by atoms with E-state index in [4.69, 9.17) is 0 Å². The van der Waals surface area contributed by atoms with Crippen LogP contribution in [0.25, 0.3) is 0 Å². The van der Waals surface area contributed by atoms with Crippen LogP contribution >= 0.6 is 0 Å². The van der Waals surface area contributed by atoms with Crippen LogP contribution in [0.3, 0.4) is 0 Å². The van der Waals surface area contributed by atoms with Gasteiger partial charge in [0.1, 0.15) is 0 Å². The molecule has 0 amide bonds. The second-order valence-electron chi connectivity index (χ2n) is 4.72. The molecule has 0 spiro atoms. The Hall–Kier alpha value is -0.0800. The average molecular weight is 229 g/mol. The number of rotatable bonds is 5. The van der Waals surface area contributed by atoms with Gasteiger partial charge in [0.25, 0.3) is 0 Å². The van der Waals surface area contributed by atoms with Gasteiger partial charge in [-0.05, 0) is 24.7 Å². The minimum Gasteiger partial charge on any atom is -0.396 e. The molecule has 1 fully saturated rings. The summed E-state index contributed by atoms with van der Waals surface area (Å²) in [7, 11) is 0. The Morgan fingerprint density at radius 1 is 1.25 bits per heavy atom. The quantitative estimate of drug-likeness (QED) is 0.783. The SMILES string of the molecule is CC.CCCC(CC)N1CC(C)C(CO)C1. The van der Waals surface area contributed by atoms with Crippen molar-refractivity contribution < 1.29 is 5.11 Å². The fourth-order valence-corrected chi connectivity index (χ4v) is 2.59. The first kappa shape index (κ1) is 15.9. The van der Waals surface area contributed by atoms with E-state index in [2.05, 4.69) is 25.7 Å². The lowest BCUT2D eigenvalue weighted by atomic mass is 10.00. The molecule has 0 aliphatic carbocycles. The Bertz CT molecular complexity index is 161. The zero-order valence-electron chi connectivity index (χ0n) is 11.9. The lowest BCUT2D eigenvalue weighted by Crippen LogP contribution is -2.33. The van der Waals surface area contributed by atoms with E-state index in [1.54, 1.807) is 0 Å². The third-order valence-corrected chi connectivity index (χ3v) is 3.64. The number of aliphatic hydroxyl groups excluding tert-OH is 1. The van der Waals surface area contributed by atoms with E-state index in [1.165, 1.54) is 25.8 Å². The molecule has 98 valence electrons. The maximum absolute atomic E-state index is 9.21. The van der Waals surface area contributed by atoms with Gasteiger partial charge < -0.3 is 5.11 Å². The van der Waals surface area contributed by atoms with Crippen LogP contribution in [0.4, 0.5) is 0 Å². The largest absolute Gasteiger partial charge is 0.396 e. The van der Waals surface area contributed by atoms with Crippen LogP contribution in [-0.4, -0.2) is 35.7 Å².